The smallest absolute Gasteiger partial charge is 0.336 e. The molecule has 0 spiro atoms. The number of ether oxygens (including phenoxy) is 4. The maximum atomic E-state index is 13.0. The summed E-state index contributed by atoms with van der Waals surface area (Å²) in [7, 11) is 2.51. The monoisotopic (exact) mass is 595 g/mol. The predicted molar refractivity (Wildman–Crippen MR) is 156 cm³/mol. The Morgan fingerprint density at radius 1 is 1.05 bits per heavy atom. The van der Waals surface area contributed by atoms with Crippen LogP contribution < -0.4 is 15.6 Å². The number of nitrogens with one attached hydrogen (secondary N) is 2. The third-order valence-electron chi connectivity index (χ3n) is 6.69. The van der Waals surface area contributed by atoms with Crippen LogP contribution in [0.1, 0.15) is 18.4 Å². The summed E-state index contributed by atoms with van der Waals surface area (Å²) in [6, 6.07) is 15.1. The van der Waals surface area contributed by atoms with Gasteiger partial charge in [-0.25, -0.2) is 4.79 Å². The number of aromatic amines is 1. The first-order valence-electron chi connectivity index (χ1n) is 13.0. The molecule has 1 aromatic heterocycles. The molecular weight excluding hydrogens is 566 g/mol. The summed E-state index contributed by atoms with van der Waals surface area (Å²) in [4.78, 5) is 56.7. The lowest BCUT2D eigenvalue weighted by Gasteiger charge is -2.32. The molecule has 2 heterocycles. The van der Waals surface area contributed by atoms with Crippen LogP contribution in [0.4, 0.5) is 0 Å². The quantitative estimate of drug-likeness (QED) is 0.254. The first kappa shape index (κ1) is 30.5. The van der Waals surface area contributed by atoms with Crippen LogP contribution in [0.2, 0.25) is 5.02 Å². The number of aliphatic imine (C=N–C) groups is 1. The zero-order valence-corrected chi connectivity index (χ0v) is 24.0. The van der Waals surface area contributed by atoms with Gasteiger partial charge in [0.15, 0.2) is 6.61 Å². The number of esters is 2. The fourth-order valence-corrected chi connectivity index (χ4v) is 5.00. The molecule has 2 unspecified atom stereocenters. The number of pyridine rings is 1. The summed E-state index contributed by atoms with van der Waals surface area (Å²) < 4.78 is 21.4. The van der Waals surface area contributed by atoms with E-state index in [-0.39, 0.29) is 49.1 Å². The molecule has 0 saturated heterocycles. The van der Waals surface area contributed by atoms with Crippen LogP contribution in [0.15, 0.2) is 75.7 Å². The fourth-order valence-electron chi connectivity index (χ4n) is 4.74. The minimum absolute atomic E-state index is 0.0812. The van der Waals surface area contributed by atoms with Crippen molar-refractivity contribution in [3.63, 3.8) is 0 Å². The Kier molecular flexibility index (Phi) is 10.1. The first-order chi connectivity index (χ1) is 20.2. The van der Waals surface area contributed by atoms with Gasteiger partial charge in [-0.2, -0.15) is 0 Å². The van der Waals surface area contributed by atoms with E-state index in [1.54, 1.807) is 55.5 Å². The molecular formula is C30H30ClN3O8. The molecule has 0 fully saturated rings. The number of nitrogens with zero attached hydrogens (tertiary/aromatic N) is 1. The van der Waals surface area contributed by atoms with Gasteiger partial charge in [0.25, 0.3) is 5.91 Å². The molecule has 12 heteroatoms. The number of carbonyl (C=O) groups is 3. The molecule has 1 aliphatic rings. The van der Waals surface area contributed by atoms with E-state index in [1.165, 1.54) is 20.3 Å². The third kappa shape index (κ3) is 7.04. The molecule has 2 N–H and O–H groups in total. The van der Waals surface area contributed by atoms with E-state index in [0.29, 0.717) is 27.6 Å². The number of methoxy groups -OCH3 is 2. The van der Waals surface area contributed by atoms with Crippen molar-refractivity contribution in [2.75, 3.05) is 40.6 Å². The largest absolute Gasteiger partial charge is 0.484 e. The lowest BCUT2D eigenvalue weighted by Crippen LogP contribution is -2.37. The lowest BCUT2D eigenvalue weighted by atomic mass is 9.75. The summed E-state index contributed by atoms with van der Waals surface area (Å²) in [6.45, 7) is 1.66. The number of H-pyrrole nitrogens is 1. The van der Waals surface area contributed by atoms with Crippen LogP contribution in [-0.4, -0.2) is 69.1 Å². The van der Waals surface area contributed by atoms with Crippen molar-refractivity contribution >= 4 is 46.1 Å². The lowest BCUT2D eigenvalue weighted by molar-refractivity contribution is -0.143. The molecule has 0 radical (unpaired) electrons. The van der Waals surface area contributed by atoms with E-state index in [2.05, 4.69) is 15.3 Å². The minimum Gasteiger partial charge on any atom is -0.484 e. The van der Waals surface area contributed by atoms with Gasteiger partial charge >= 0.3 is 11.9 Å². The molecule has 220 valence electrons. The Balaban J connectivity index is 1.39. The Morgan fingerprint density at radius 3 is 2.57 bits per heavy atom. The van der Waals surface area contributed by atoms with Crippen LogP contribution in [0.5, 0.6) is 5.75 Å². The normalized spacial score (nSPS) is 16.5. The van der Waals surface area contributed by atoms with E-state index < -0.39 is 23.8 Å². The minimum atomic E-state index is -0.892. The second kappa shape index (κ2) is 13.9. The molecule has 3 aromatic rings. The van der Waals surface area contributed by atoms with Crippen LogP contribution in [0.25, 0.3) is 10.9 Å². The number of rotatable bonds is 11. The highest BCUT2D eigenvalue weighted by molar-refractivity contribution is 6.31. The van der Waals surface area contributed by atoms with Crippen molar-refractivity contribution in [1.29, 1.82) is 0 Å². The van der Waals surface area contributed by atoms with Gasteiger partial charge in [0.05, 0.1) is 38.7 Å². The molecule has 4 rings (SSSR count). The average molecular weight is 596 g/mol. The SMILES string of the molecule is COC(=O)C1=C(COCCNC(=O)COc2ccc3[nH]c(=O)ccc3c2)N=C(C)C(C(=O)OC)C1c1ccccc1Cl. The van der Waals surface area contributed by atoms with Gasteiger partial charge in [0, 0.05) is 40.2 Å². The van der Waals surface area contributed by atoms with Crippen LogP contribution in [-0.2, 0) is 28.6 Å². The summed E-state index contributed by atoms with van der Waals surface area (Å²) in [5.74, 6) is -2.81. The molecule has 2 aromatic carbocycles. The van der Waals surface area contributed by atoms with E-state index in [4.69, 9.17) is 30.5 Å². The zero-order valence-electron chi connectivity index (χ0n) is 23.3. The van der Waals surface area contributed by atoms with Crippen molar-refractivity contribution in [3.8, 4) is 5.75 Å². The zero-order chi connectivity index (χ0) is 30.2. The maximum absolute atomic E-state index is 13.0. The van der Waals surface area contributed by atoms with E-state index in [9.17, 15) is 19.2 Å². The van der Waals surface area contributed by atoms with Gasteiger partial charge in [0.2, 0.25) is 5.56 Å². The van der Waals surface area contributed by atoms with Crippen molar-refractivity contribution in [1.82, 2.24) is 10.3 Å². The molecule has 0 saturated carbocycles. The molecule has 42 heavy (non-hydrogen) atoms. The van der Waals surface area contributed by atoms with Gasteiger partial charge in [-0.15, -0.1) is 0 Å². The molecule has 1 aliphatic heterocycles. The Labute approximate surface area is 246 Å². The average Bonchev–Trinajstić information content (AvgIpc) is 2.99. The first-order valence-corrected chi connectivity index (χ1v) is 13.4. The van der Waals surface area contributed by atoms with Crippen LogP contribution in [0, 0.1) is 5.92 Å². The predicted octanol–water partition coefficient (Wildman–Crippen LogP) is 3.17. The fraction of sp³-hybridized carbons (Fsp3) is 0.300. The number of benzene rings is 2. The Hall–Kier alpha value is -4.48. The van der Waals surface area contributed by atoms with Gasteiger partial charge < -0.3 is 29.2 Å². The number of halogens is 1. The van der Waals surface area contributed by atoms with Gasteiger partial charge in [-0.1, -0.05) is 29.8 Å². The highest BCUT2D eigenvalue weighted by atomic mass is 35.5. The van der Waals surface area contributed by atoms with Gasteiger partial charge in [-0.3, -0.25) is 19.4 Å². The summed E-state index contributed by atoms with van der Waals surface area (Å²) in [6.07, 6.45) is 0. The third-order valence-corrected chi connectivity index (χ3v) is 7.03. The summed E-state index contributed by atoms with van der Waals surface area (Å²) >= 11 is 6.49. The van der Waals surface area contributed by atoms with E-state index >= 15 is 0 Å². The van der Waals surface area contributed by atoms with E-state index in [1.807, 2.05) is 0 Å². The van der Waals surface area contributed by atoms with E-state index in [0.717, 1.165) is 5.39 Å². The number of hydrogen-bond donors (Lipinski definition) is 2. The van der Waals surface area contributed by atoms with Crippen molar-refractivity contribution in [2.24, 2.45) is 10.9 Å². The second-order valence-corrected chi connectivity index (χ2v) is 9.78. The molecule has 1 amide bonds. The number of aromatic nitrogens is 1. The van der Waals surface area contributed by atoms with Crippen molar-refractivity contribution < 1.29 is 33.3 Å². The molecule has 0 aliphatic carbocycles. The van der Waals surface area contributed by atoms with Crippen LogP contribution >= 0.6 is 11.6 Å². The number of carbonyl (C=O) groups excluding carboxylic acids is 3. The van der Waals surface area contributed by atoms with Crippen LogP contribution in [0.3, 0.4) is 0 Å². The topological polar surface area (TPSA) is 145 Å². The van der Waals surface area contributed by atoms with Gasteiger partial charge in [0.1, 0.15) is 11.7 Å². The molecule has 2 atom stereocenters. The van der Waals surface area contributed by atoms with Crippen molar-refractivity contribution in [3.05, 3.63) is 86.8 Å². The number of fused-ring (bicyclic) bond motifs is 1. The maximum Gasteiger partial charge on any atom is 0.336 e. The Morgan fingerprint density at radius 2 is 1.83 bits per heavy atom. The molecule has 0 bridgehead atoms. The summed E-state index contributed by atoms with van der Waals surface area (Å²) in [5, 5.41) is 3.85. The standard InChI is InChI=1S/C30H30ClN3O8/c1-17-26(29(37)39-2)27(20-6-4-5-7-21(20)31)28(30(38)40-3)23(33-17)15-41-13-12-32-25(36)16-42-19-9-10-22-18(14-19)8-11-24(35)34-22/h4-11,14,26-27H,12-13,15-16H2,1-3H3,(H,32,36)(H,34,35). The number of amides is 1. The van der Waals surface area contributed by atoms with Crippen molar-refractivity contribution in [2.45, 2.75) is 12.8 Å². The molecule has 11 nitrogen and oxygen atoms in total. The Bertz CT molecular complexity index is 1610. The van der Waals surface area contributed by atoms with Gasteiger partial charge in [-0.05, 0) is 42.8 Å². The highest BCUT2D eigenvalue weighted by Gasteiger charge is 2.43. The summed E-state index contributed by atoms with van der Waals surface area (Å²) in [5.41, 5.74) is 1.88. The second-order valence-electron chi connectivity index (χ2n) is 9.37. The number of hydrogen-bond acceptors (Lipinski definition) is 9. The highest BCUT2D eigenvalue weighted by Crippen LogP contribution is 2.42.